The Kier molecular flexibility index (Phi) is 4.90. The van der Waals surface area contributed by atoms with Crippen molar-refractivity contribution in [1.82, 2.24) is 10.6 Å². The Balaban J connectivity index is 2.47. The highest BCUT2D eigenvalue weighted by atomic mass is 32.1. The van der Waals surface area contributed by atoms with Gasteiger partial charge in [0.1, 0.15) is 4.99 Å². The van der Waals surface area contributed by atoms with Crippen molar-refractivity contribution in [2.45, 2.75) is 26.4 Å². The summed E-state index contributed by atoms with van der Waals surface area (Å²) >= 11 is 4.86. The summed E-state index contributed by atoms with van der Waals surface area (Å²) in [6.07, 6.45) is 0. The van der Waals surface area contributed by atoms with E-state index < -0.39 is 0 Å². The molecular weight excluding hydrogens is 234 g/mol. The van der Waals surface area contributed by atoms with Crippen LogP contribution in [0.2, 0.25) is 0 Å². The first kappa shape index (κ1) is 13.4. The van der Waals surface area contributed by atoms with E-state index in [0.29, 0.717) is 11.5 Å². The quantitative estimate of drug-likeness (QED) is 0.711. The molecule has 92 valence electrons. The van der Waals surface area contributed by atoms with Crippen molar-refractivity contribution in [2.24, 2.45) is 5.73 Å². The third-order valence-corrected chi connectivity index (χ3v) is 2.35. The molecule has 1 aromatic carbocycles. The van der Waals surface area contributed by atoms with E-state index in [-0.39, 0.29) is 12.1 Å². The lowest BCUT2D eigenvalue weighted by Crippen LogP contribution is -2.39. The van der Waals surface area contributed by atoms with Gasteiger partial charge in [-0.2, -0.15) is 0 Å². The molecule has 0 radical (unpaired) electrons. The molecule has 0 aliphatic carbocycles. The highest BCUT2D eigenvalue weighted by molar-refractivity contribution is 7.80. The number of hydrogen-bond donors (Lipinski definition) is 3. The molecule has 4 N–H and O–H groups in total. The summed E-state index contributed by atoms with van der Waals surface area (Å²) in [7, 11) is 0. The van der Waals surface area contributed by atoms with Gasteiger partial charge in [-0.1, -0.05) is 36.5 Å². The molecule has 0 spiro atoms. The minimum atomic E-state index is -0.168. The third-order valence-electron chi connectivity index (χ3n) is 2.11. The number of benzene rings is 1. The molecule has 0 bridgehead atoms. The number of carbonyl (C=O) groups excluding carboxylic acids is 1. The van der Waals surface area contributed by atoms with Crippen LogP contribution in [-0.4, -0.2) is 17.1 Å². The molecule has 17 heavy (non-hydrogen) atoms. The van der Waals surface area contributed by atoms with Crippen molar-refractivity contribution in [3.63, 3.8) is 0 Å². The second-order valence-electron chi connectivity index (χ2n) is 4.04. The van der Waals surface area contributed by atoms with Gasteiger partial charge in [0.05, 0.1) is 0 Å². The lowest BCUT2D eigenvalue weighted by molar-refractivity contribution is 0.238. The molecule has 0 atom stereocenters. The van der Waals surface area contributed by atoms with Crippen LogP contribution in [0.25, 0.3) is 0 Å². The third kappa shape index (κ3) is 4.82. The Hall–Kier alpha value is -1.62. The standard InChI is InChI=1S/C12H17N3OS/c1-8(2)15-12(16)14-7-9-3-5-10(6-4-9)11(13)17/h3-6,8H,7H2,1-2H3,(H2,13,17)(H2,14,15,16). The van der Waals surface area contributed by atoms with Crippen LogP contribution in [0.1, 0.15) is 25.0 Å². The van der Waals surface area contributed by atoms with Crippen LogP contribution in [0.5, 0.6) is 0 Å². The Morgan fingerprint density at radius 1 is 1.35 bits per heavy atom. The fourth-order valence-electron chi connectivity index (χ4n) is 1.28. The lowest BCUT2D eigenvalue weighted by Gasteiger charge is -2.10. The monoisotopic (exact) mass is 251 g/mol. The summed E-state index contributed by atoms with van der Waals surface area (Å²) in [6, 6.07) is 7.44. The minimum Gasteiger partial charge on any atom is -0.389 e. The van der Waals surface area contributed by atoms with Crippen LogP contribution in [0.3, 0.4) is 0 Å². The highest BCUT2D eigenvalue weighted by Crippen LogP contribution is 2.04. The molecule has 0 heterocycles. The zero-order valence-corrected chi connectivity index (χ0v) is 10.8. The van der Waals surface area contributed by atoms with E-state index in [2.05, 4.69) is 10.6 Å². The predicted molar refractivity (Wildman–Crippen MR) is 72.8 cm³/mol. The summed E-state index contributed by atoms with van der Waals surface area (Å²) in [4.78, 5) is 11.7. The van der Waals surface area contributed by atoms with Crippen LogP contribution < -0.4 is 16.4 Å². The Bertz CT molecular complexity index is 401. The van der Waals surface area contributed by atoms with Crippen molar-refractivity contribution in [3.05, 3.63) is 35.4 Å². The molecule has 0 fully saturated rings. The second-order valence-corrected chi connectivity index (χ2v) is 4.48. The summed E-state index contributed by atoms with van der Waals surface area (Å²) in [6.45, 7) is 4.31. The van der Waals surface area contributed by atoms with Crippen molar-refractivity contribution in [1.29, 1.82) is 0 Å². The number of nitrogens with one attached hydrogen (secondary N) is 2. The van der Waals surface area contributed by atoms with Gasteiger partial charge < -0.3 is 16.4 Å². The van der Waals surface area contributed by atoms with Gasteiger partial charge in [0.25, 0.3) is 0 Å². The van der Waals surface area contributed by atoms with E-state index >= 15 is 0 Å². The maximum atomic E-state index is 11.3. The van der Waals surface area contributed by atoms with E-state index in [9.17, 15) is 4.79 Å². The number of hydrogen-bond acceptors (Lipinski definition) is 2. The van der Waals surface area contributed by atoms with Crippen molar-refractivity contribution >= 4 is 23.2 Å². The number of carbonyl (C=O) groups is 1. The SMILES string of the molecule is CC(C)NC(=O)NCc1ccc(C(N)=S)cc1. The van der Waals surface area contributed by atoms with Crippen LogP contribution in [-0.2, 0) is 6.54 Å². The largest absolute Gasteiger partial charge is 0.389 e. The minimum absolute atomic E-state index is 0.131. The summed E-state index contributed by atoms with van der Waals surface area (Å²) in [5.74, 6) is 0. The van der Waals surface area contributed by atoms with Gasteiger partial charge in [0.2, 0.25) is 0 Å². The van der Waals surface area contributed by atoms with E-state index in [4.69, 9.17) is 18.0 Å². The van der Waals surface area contributed by atoms with Gasteiger partial charge in [0, 0.05) is 18.2 Å². The fourth-order valence-corrected chi connectivity index (χ4v) is 1.42. The first-order chi connectivity index (χ1) is 7.99. The zero-order valence-electron chi connectivity index (χ0n) is 9.99. The smallest absolute Gasteiger partial charge is 0.315 e. The van der Waals surface area contributed by atoms with Gasteiger partial charge >= 0.3 is 6.03 Å². The van der Waals surface area contributed by atoms with Crippen LogP contribution in [0.4, 0.5) is 4.79 Å². The maximum Gasteiger partial charge on any atom is 0.315 e. The number of amides is 2. The molecule has 4 nitrogen and oxygen atoms in total. The van der Waals surface area contributed by atoms with Gasteiger partial charge in [-0.25, -0.2) is 4.79 Å². The zero-order chi connectivity index (χ0) is 12.8. The summed E-state index contributed by atoms with van der Waals surface area (Å²) in [5, 5.41) is 5.52. The lowest BCUT2D eigenvalue weighted by atomic mass is 10.1. The molecule has 0 aliphatic heterocycles. The average Bonchev–Trinajstić information content (AvgIpc) is 2.26. The van der Waals surface area contributed by atoms with Gasteiger partial charge in [-0.05, 0) is 19.4 Å². The molecule has 0 saturated carbocycles. The number of thiocarbonyl (C=S) groups is 1. The van der Waals surface area contributed by atoms with Crippen molar-refractivity contribution < 1.29 is 4.79 Å². The topological polar surface area (TPSA) is 67.2 Å². The van der Waals surface area contributed by atoms with E-state index in [0.717, 1.165) is 11.1 Å². The molecule has 0 aliphatic rings. The predicted octanol–water partition coefficient (Wildman–Crippen LogP) is 1.53. The summed E-state index contributed by atoms with van der Waals surface area (Å²) in [5.41, 5.74) is 7.33. The summed E-state index contributed by atoms with van der Waals surface area (Å²) < 4.78 is 0. The molecule has 1 rings (SSSR count). The molecule has 0 saturated heterocycles. The first-order valence-electron chi connectivity index (χ1n) is 5.42. The van der Waals surface area contributed by atoms with E-state index in [1.54, 1.807) is 0 Å². The number of nitrogens with two attached hydrogens (primary N) is 1. The first-order valence-corrected chi connectivity index (χ1v) is 5.83. The van der Waals surface area contributed by atoms with Crippen molar-refractivity contribution in [3.8, 4) is 0 Å². The Morgan fingerprint density at radius 3 is 2.41 bits per heavy atom. The Morgan fingerprint density at radius 2 is 1.94 bits per heavy atom. The highest BCUT2D eigenvalue weighted by Gasteiger charge is 2.02. The van der Waals surface area contributed by atoms with E-state index in [1.165, 1.54) is 0 Å². The van der Waals surface area contributed by atoms with Crippen molar-refractivity contribution in [2.75, 3.05) is 0 Å². The number of urea groups is 1. The van der Waals surface area contributed by atoms with Gasteiger partial charge in [-0.3, -0.25) is 0 Å². The molecule has 5 heteroatoms. The van der Waals surface area contributed by atoms with E-state index in [1.807, 2.05) is 38.1 Å². The Labute approximate surface area is 107 Å². The van der Waals surface area contributed by atoms with Gasteiger partial charge in [0.15, 0.2) is 0 Å². The number of rotatable bonds is 4. The molecular formula is C12H17N3OS. The van der Waals surface area contributed by atoms with Crippen LogP contribution in [0, 0.1) is 0 Å². The average molecular weight is 251 g/mol. The molecule has 0 unspecified atom stereocenters. The normalized spacial score (nSPS) is 10.1. The van der Waals surface area contributed by atoms with Crippen LogP contribution in [0.15, 0.2) is 24.3 Å². The van der Waals surface area contributed by atoms with Crippen LogP contribution >= 0.6 is 12.2 Å². The molecule has 1 aromatic rings. The second kappa shape index (κ2) is 6.20. The maximum absolute atomic E-state index is 11.3. The fraction of sp³-hybridized carbons (Fsp3) is 0.333. The van der Waals surface area contributed by atoms with Gasteiger partial charge in [-0.15, -0.1) is 0 Å². The molecule has 2 amide bonds. The molecule has 0 aromatic heterocycles.